The number of hydrogen-bond donors (Lipinski definition) is 2. The minimum absolute atomic E-state index is 0.0633. The molecular weight excluding hydrogens is 500 g/mol. The first-order valence-electron chi connectivity index (χ1n) is 12.9. The lowest BCUT2D eigenvalue weighted by Crippen LogP contribution is -2.51. The second-order valence-electron chi connectivity index (χ2n) is 10.1. The maximum Gasteiger partial charge on any atom is 0.416 e. The number of likely N-dealkylation sites (tertiary alicyclic amines) is 1. The maximum atomic E-state index is 13.1. The van der Waals surface area contributed by atoms with Gasteiger partial charge in [-0.15, -0.1) is 0 Å². The van der Waals surface area contributed by atoms with Gasteiger partial charge in [-0.2, -0.15) is 26.3 Å². The zero-order chi connectivity index (χ0) is 27.8. The molecule has 1 heterocycles. The highest BCUT2D eigenvalue weighted by atomic mass is 19.4. The van der Waals surface area contributed by atoms with E-state index in [2.05, 4.69) is 24.5 Å². The molecule has 2 atom stereocenters. The average Bonchev–Trinajstić information content (AvgIpc) is 2.80. The Labute approximate surface area is 214 Å². The van der Waals surface area contributed by atoms with Crippen LogP contribution in [0.15, 0.2) is 18.2 Å². The topological polar surface area (TPSA) is 61.4 Å². The summed E-state index contributed by atoms with van der Waals surface area (Å²) in [6.45, 7) is 6.61. The summed E-state index contributed by atoms with van der Waals surface area (Å²) in [4.78, 5) is 27.3. The van der Waals surface area contributed by atoms with Gasteiger partial charge < -0.3 is 10.2 Å². The van der Waals surface area contributed by atoms with Crippen molar-refractivity contribution in [2.45, 2.75) is 90.5 Å². The quantitative estimate of drug-likeness (QED) is 0.305. The van der Waals surface area contributed by atoms with Gasteiger partial charge in [0, 0.05) is 30.7 Å². The zero-order valence-electron chi connectivity index (χ0n) is 21.6. The maximum absolute atomic E-state index is 13.1. The van der Waals surface area contributed by atoms with Crippen molar-refractivity contribution in [3.8, 4) is 0 Å². The number of urea groups is 1. The summed E-state index contributed by atoms with van der Waals surface area (Å²) in [5, 5.41) is 5.18. The number of piperidine rings is 1. The van der Waals surface area contributed by atoms with Crippen LogP contribution in [0.25, 0.3) is 0 Å². The molecule has 0 aromatic heterocycles. The Morgan fingerprint density at radius 2 is 1.59 bits per heavy atom. The largest absolute Gasteiger partial charge is 0.416 e. The summed E-state index contributed by atoms with van der Waals surface area (Å²) in [5.41, 5.74) is -3.07. The predicted octanol–water partition coefficient (Wildman–Crippen LogP) is 7.47. The van der Waals surface area contributed by atoms with Gasteiger partial charge in [-0.05, 0) is 62.6 Å². The van der Waals surface area contributed by atoms with Crippen LogP contribution in [-0.4, -0.2) is 36.0 Å². The normalized spacial score (nSPS) is 17.6. The van der Waals surface area contributed by atoms with E-state index >= 15 is 0 Å². The van der Waals surface area contributed by atoms with Gasteiger partial charge in [-0.1, -0.05) is 33.6 Å². The molecule has 0 aliphatic carbocycles. The van der Waals surface area contributed by atoms with Crippen molar-refractivity contribution in [2.24, 2.45) is 11.8 Å². The fourth-order valence-corrected chi connectivity index (χ4v) is 4.58. The summed E-state index contributed by atoms with van der Waals surface area (Å²) in [6.07, 6.45) is -4.28. The van der Waals surface area contributed by atoms with Crippen molar-refractivity contribution in [2.75, 3.05) is 18.4 Å². The third-order valence-corrected chi connectivity index (χ3v) is 6.61. The van der Waals surface area contributed by atoms with Crippen molar-refractivity contribution >= 4 is 17.6 Å². The second kappa shape index (κ2) is 13.4. The minimum atomic E-state index is -4.92. The van der Waals surface area contributed by atoms with E-state index in [4.69, 9.17) is 0 Å². The first-order valence-corrected chi connectivity index (χ1v) is 12.9. The summed E-state index contributed by atoms with van der Waals surface area (Å²) in [5.74, 6) is -0.130. The molecule has 11 heteroatoms. The van der Waals surface area contributed by atoms with Crippen LogP contribution in [0.4, 0.5) is 36.8 Å². The van der Waals surface area contributed by atoms with Gasteiger partial charge in [0.25, 0.3) is 0 Å². The lowest BCUT2D eigenvalue weighted by Gasteiger charge is -2.36. The molecule has 5 nitrogen and oxygen atoms in total. The highest BCUT2D eigenvalue weighted by molar-refractivity contribution is 5.95. The third kappa shape index (κ3) is 9.74. The van der Waals surface area contributed by atoms with Crippen LogP contribution in [0.5, 0.6) is 0 Å². The van der Waals surface area contributed by atoms with Crippen molar-refractivity contribution in [1.29, 1.82) is 0 Å². The lowest BCUT2D eigenvalue weighted by atomic mass is 9.93. The Kier molecular flexibility index (Phi) is 11.1. The Morgan fingerprint density at radius 3 is 2.14 bits per heavy atom. The van der Waals surface area contributed by atoms with E-state index in [0.717, 1.165) is 25.7 Å². The number of nitrogens with zero attached hydrogens (tertiary/aromatic N) is 1. The molecule has 1 fully saturated rings. The number of amides is 3. The van der Waals surface area contributed by atoms with Crippen molar-refractivity contribution in [3.05, 3.63) is 29.3 Å². The minimum Gasteiger partial charge on any atom is -0.385 e. The summed E-state index contributed by atoms with van der Waals surface area (Å²) >= 11 is 0. The number of hydrogen-bond acceptors (Lipinski definition) is 3. The van der Waals surface area contributed by atoms with E-state index in [1.165, 1.54) is 0 Å². The number of benzene rings is 1. The molecule has 37 heavy (non-hydrogen) atoms. The Balaban J connectivity index is 2.03. The highest BCUT2D eigenvalue weighted by Gasteiger charge is 2.37. The van der Waals surface area contributed by atoms with Gasteiger partial charge in [-0.3, -0.25) is 10.1 Å². The summed E-state index contributed by atoms with van der Waals surface area (Å²) in [7, 11) is 0. The standard InChI is InChI=1S/C26H37F6N3O2/c1-4-7-18(10-9-17(2)3)23(36)34-24(37)35-13-6-5-8-22(35)11-12-33-21-15-19(25(27,28)29)14-20(16-21)26(30,31)32/h14-18,22,33H,4-13H2,1-3H3,(H,34,36,37)/t18-,22?/m0/s1. The molecular formula is C26H37F6N3O2. The smallest absolute Gasteiger partial charge is 0.385 e. The van der Waals surface area contributed by atoms with E-state index in [9.17, 15) is 35.9 Å². The van der Waals surface area contributed by atoms with E-state index in [1.54, 1.807) is 4.90 Å². The molecule has 1 aromatic rings. The van der Waals surface area contributed by atoms with Gasteiger partial charge >= 0.3 is 18.4 Å². The van der Waals surface area contributed by atoms with Gasteiger partial charge in [0.1, 0.15) is 0 Å². The fourth-order valence-electron chi connectivity index (χ4n) is 4.58. The number of nitrogens with one attached hydrogen (secondary N) is 2. The van der Waals surface area contributed by atoms with E-state index in [-0.39, 0.29) is 36.2 Å². The first-order chi connectivity index (χ1) is 17.2. The molecule has 0 spiro atoms. The monoisotopic (exact) mass is 537 g/mol. The number of carbonyl (C=O) groups is 2. The van der Waals surface area contributed by atoms with E-state index < -0.39 is 29.5 Å². The van der Waals surface area contributed by atoms with Gasteiger partial charge in [0.2, 0.25) is 5.91 Å². The van der Waals surface area contributed by atoms with Gasteiger partial charge in [0.05, 0.1) is 11.1 Å². The third-order valence-electron chi connectivity index (χ3n) is 6.61. The molecule has 1 aliphatic heterocycles. The van der Waals surface area contributed by atoms with Crippen LogP contribution in [0.3, 0.4) is 0 Å². The molecule has 0 bridgehead atoms. The number of rotatable bonds is 10. The number of alkyl halides is 6. The molecule has 0 radical (unpaired) electrons. The predicted molar refractivity (Wildman–Crippen MR) is 130 cm³/mol. The van der Waals surface area contributed by atoms with Crippen molar-refractivity contribution in [3.63, 3.8) is 0 Å². The van der Waals surface area contributed by atoms with Crippen LogP contribution < -0.4 is 10.6 Å². The molecule has 3 amide bonds. The highest BCUT2D eigenvalue weighted by Crippen LogP contribution is 2.37. The van der Waals surface area contributed by atoms with Crippen LogP contribution in [0.1, 0.15) is 83.3 Å². The molecule has 210 valence electrons. The summed E-state index contributed by atoms with van der Waals surface area (Å²) < 4.78 is 78.7. The Bertz CT molecular complexity index is 869. The van der Waals surface area contributed by atoms with Crippen molar-refractivity contribution < 1.29 is 35.9 Å². The van der Waals surface area contributed by atoms with Gasteiger partial charge in [0.15, 0.2) is 0 Å². The van der Waals surface area contributed by atoms with Gasteiger partial charge in [-0.25, -0.2) is 4.79 Å². The second-order valence-corrected chi connectivity index (χ2v) is 10.1. The lowest BCUT2D eigenvalue weighted by molar-refractivity contribution is -0.143. The van der Waals surface area contributed by atoms with Crippen LogP contribution in [0, 0.1) is 11.8 Å². The molecule has 1 aliphatic rings. The van der Waals surface area contributed by atoms with Crippen LogP contribution in [-0.2, 0) is 17.1 Å². The number of halogens is 6. The molecule has 0 saturated carbocycles. The molecule has 1 unspecified atom stereocenters. The van der Waals surface area contributed by atoms with Crippen molar-refractivity contribution in [1.82, 2.24) is 10.2 Å². The Hall–Kier alpha value is -2.46. The number of imide groups is 1. The number of carbonyl (C=O) groups excluding carboxylic acids is 2. The molecule has 2 rings (SSSR count). The van der Waals surface area contributed by atoms with Crippen LogP contribution in [0.2, 0.25) is 0 Å². The summed E-state index contributed by atoms with van der Waals surface area (Å²) in [6, 6.07) is 0.581. The number of anilines is 1. The molecule has 1 aromatic carbocycles. The fraction of sp³-hybridized carbons (Fsp3) is 0.692. The van der Waals surface area contributed by atoms with E-state index in [1.807, 2.05) is 6.92 Å². The first kappa shape index (κ1) is 30.8. The Morgan fingerprint density at radius 1 is 0.973 bits per heavy atom. The molecule has 2 N–H and O–H groups in total. The SMILES string of the molecule is CCC[C@@H](CCC(C)C)C(=O)NC(=O)N1CCCCC1CCNc1cc(C(F)(F)F)cc(C(F)(F)F)c1. The van der Waals surface area contributed by atoms with E-state index in [0.29, 0.717) is 50.3 Å². The average molecular weight is 538 g/mol. The van der Waals surface area contributed by atoms with Crippen LogP contribution >= 0.6 is 0 Å². The molecule has 1 saturated heterocycles. The zero-order valence-corrected chi connectivity index (χ0v) is 21.6.